The zero-order valence-electron chi connectivity index (χ0n) is 41.3. The van der Waals surface area contributed by atoms with Crippen molar-refractivity contribution in [1.29, 1.82) is 0 Å². The van der Waals surface area contributed by atoms with Crippen molar-refractivity contribution in [2.45, 2.75) is 226 Å². The molecule has 0 saturated carbocycles. The van der Waals surface area contributed by atoms with E-state index in [1.807, 2.05) is 0 Å². The summed E-state index contributed by atoms with van der Waals surface area (Å²) in [6.07, 6.45) is 69.3. The first-order valence-corrected chi connectivity index (χ1v) is 25.9. The number of hydrogen-bond acceptors (Lipinski definition) is 6. The SMILES string of the molecule is CC/C=C\C/C=C\C/C=C\C/C=C\CCCCCC(=O)OC(COC(=O)CCC/C=C\C/C=C\C/C=C\C/C=C\CCCCC)COC(=O)CCCCC/C=C\CCCCCCCC. The van der Waals surface area contributed by atoms with E-state index in [4.69, 9.17) is 14.2 Å². The molecule has 0 heterocycles. The average Bonchev–Trinajstić information content (AvgIpc) is 3.29. The van der Waals surface area contributed by atoms with Gasteiger partial charge in [-0.05, 0) is 122 Å². The first-order chi connectivity index (χ1) is 31.5. The minimum atomic E-state index is -0.824. The predicted molar refractivity (Wildman–Crippen MR) is 274 cm³/mol. The van der Waals surface area contributed by atoms with Gasteiger partial charge in [0.15, 0.2) is 6.10 Å². The Morgan fingerprint density at radius 3 is 1.06 bits per heavy atom. The summed E-state index contributed by atoms with van der Waals surface area (Å²) in [7, 11) is 0. The molecule has 6 nitrogen and oxygen atoms in total. The summed E-state index contributed by atoms with van der Waals surface area (Å²) in [5, 5.41) is 0. The molecule has 0 aliphatic carbocycles. The number of rotatable bonds is 45. The highest BCUT2D eigenvalue weighted by molar-refractivity contribution is 5.71. The molecule has 6 heteroatoms. The van der Waals surface area contributed by atoms with Crippen LogP contribution in [0, 0.1) is 0 Å². The molecule has 0 bridgehead atoms. The van der Waals surface area contributed by atoms with E-state index in [-0.39, 0.29) is 44.0 Å². The van der Waals surface area contributed by atoms with Gasteiger partial charge in [-0.3, -0.25) is 14.4 Å². The molecule has 0 amide bonds. The summed E-state index contributed by atoms with van der Waals surface area (Å²) >= 11 is 0. The number of carbonyl (C=O) groups is 3. The molecule has 0 saturated heterocycles. The van der Waals surface area contributed by atoms with Gasteiger partial charge in [-0.1, -0.05) is 188 Å². The Kier molecular flexibility index (Phi) is 48.5. The van der Waals surface area contributed by atoms with Gasteiger partial charge >= 0.3 is 17.9 Å². The maximum atomic E-state index is 12.8. The Labute approximate surface area is 393 Å². The van der Waals surface area contributed by atoms with Crippen LogP contribution in [0.4, 0.5) is 0 Å². The fourth-order valence-corrected chi connectivity index (χ4v) is 6.59. The van der Waals surface area contributed by atoms with Crippen molar-refractivity contribution in [1.82, 2.24) is 0 Å². The Hall–Kier alpha value is -3.93. The second-order valence-corrected chi connectivity index (χ2v) is 16.7. The second-order valence-electron chi connectivity index (χ2n) is 16.7. The van der Waals surface area contributed by atoms with E-state index in [2.05, 4.69) is 130 Å². The van der Waals surface area contributed by atoms with Crippen LogP contribution in [0.5, 0.6) is 0 Å². The molecule has 0 aliphatic rings. The summed E-state index contributed by atoms with van der Waals surface area (Å²) in [5.74, 6) is -1.03. The monoisotopic (exact) mass is 887 g/mol. The van der Waals surface area contributed by atoms with E-state index < -0.39 is 6.10 Å². The van der Waals surface area contributed by atoms with Crippen LogP contribution >= 0.6 is 0 Å². The van der Waals surface area contributed by atoms with Crippen molar-refractivity contribution in [3.63, 3.8) is 0 Å². The lowest BCUT2D eigenvalue weighted by Crippen LogP contribution is -2.30. The zero-order chi connectivity index (χ0) is 46.5. The van der Waals surface area contributed by atoms with Crippen LogP contribution in [0.1, 0.15) is 220 Å². The largest absolute Gasteiger partial charge is 0.462 e. The highest BCUT2D eigenvalue weighted by Gasteiger charge is 2.19. The number of unbranched alkanes of at least 4 members (excludes halogenated alkanes) is 16. The number of allylic oxidation sites excluding steroid dienone is 18. The van der Waals surface area contributed by atoms with Gasteiger partial charge in [0, 0.05) is 19.3 Å². The first-order valence-electron chi connectivity index (χ1n) is 25.9. The van der Waals surface area contributed by atoms with Crippen LogP contribution in [0.2, 0.25) is 0 Å². The minimum absolute atomic E-state index is 0.118. The van der Waals surface area contributed by atoms with Crippen molar-refractivity contribution < 1.29 is 28.6 Å². The van der Waals surface area contributed by atoms with Gasteiger partial charge in [-0.25, -0.2) is 0 Å². The molecule has 0 N–H and O–H groups in total. The van der Waals surface area contributed by atoms with Gasteiger partial charge in [-0.15, -0.1) is 0 Å². The fourth-order valence-electron chi connectivity index (χ4n) is 6.59. The van der Waals surface area contributed by atoms with E-state index in [1.54, 1.807) is 0 Å². The van der Waals surface area contributed by atoms with E-state index in [0.29, 0.717) is 19.3 Å². The van der Waals surface area contributed by atoms with Gasteiger partial charge in [0.1, 0.15) is 13.2 Å². The molecule has 0 spiro atoms. The fraction of sp³-hybridized carbons (Fsp3) is 0.638. The van der Waals surface area contributed by atoms with Crippen molar-refractivity contribution in [3.05, 3.63) is 109 Å². The van der Waals surface area contributed by atoms with Gasteiger partial charge < -0.3 is 14.2 Å². The molecule has 0 aromatic carbocycles. The van der Waals surface area contributed by atoms with E-state index >= 15 is 0 Å². The van der Waals surface area contributed by atoms with Crippen LogP contribution in [0.15, 0.2) is 109 Å². The van der Waals surface area contributed by atoms with Crippen molar-refractivity contribution in [2.75, 3.05) is 13.2 Å². The molecule has 1 atom stereocenters. The lowest BCUT2D eigenvalue weighted by molar-refractivity contribution is -0.167. The predicted octanol–water partition coefficient (Wildman–Crippen LogP) is 17.1. The second kappa shape index (κ2) is 51.7. The molecule has 1 unspecified atom stereocenters. The maximum Gasteiger partial charge on any atom is 0.306 e. The standard InChI is InChI=1S/C58H94O6/c1-4-7-10-13-16-19-22-25-27-29-31-33-36-39-42-45-48-51-57(60)63-54-55(53-62-56(59)50-47-44-41-38-35-32-24-21-18-15-12-9-6-3)64-58(61)52-49-46-43-40-37-34-30-28-26-23-20-17-14-11-8-5-2/h8,11,16-17,19-20,25-28,31-35,37,39,42,55H,4-7,9-10,12-15,18,21-24,29-30,36,38,40-41,43-54H2,1-3H3/b11-8-,19-16-,20-17-,27-25-,28-26-,33-31-,35-32-,37-34-,42-39-. The van der Waals surface area contributed by atoms with Crippen molar-refractivity contribution in [2.24, 2.45) is 0 Å². The molecule has 0 fully saturated rings. The Bertz CT molecular complexity index is 1340. The van der Waals surface area contributed by atoms with Crippen LogP contribution in [-0.4, -0.2) is 37.2 Å². The van der Waals surface area contributed by atoms with Crippen LogP contribution in [-0.2, 0) is 28.6 Å². The Balaban J connectivity index is 4.57. The molecule has 0 aromatic rings. The van der Waals surface area contributed by atoms with Crippen molar-refractivity contribution in [3.8, 4) is 0 Å². The van der Waals surface area contributed by atoms with Crippen LogP contribution in [0.3, 0.4) is 0 Å². The van der Waals surface area contributed by atoms with Crippen LogP contribution in [0.25, 0.3) is 0 Å². The molecule has 0 radical (unpaired) electrons. The first kappa shape index (κ1) is 60.1. The third-order valence-electron chi connectivity index (χ3n) is 10.5. The molecule has 64 heavy (non-hydrogen) atoms. The quantitative estimate of drug-likeness (QED) is 0.0262. The molecule has 0 rings (SSSR count). The van der Waals surface area contributed by atoms with Gasteiger partial charge in [0.25, 0.3) is 0 Å². The highest BCUT2D eigenvalue weighted by Crippen LogP contribution is 2.12. The zero-order valence-corrected chi connectivity index (χ0v) is 41.3. The van der Waals surface area contributed by atoms with E-state index in [9.17, 15) is 14.4 Å². The normalized spacial score (nSPS) is 13.0. The minimum Gasteiger partial charge on any atom is -0.462 e. The Morgan fingerprint density at radius 2 is 0.625 bits per heavy atom. The number of esters is 3. The summed E-state index contributed by atoms with van der Waals surface area (Å²) in [6.45, 7) is 6.38. The lowest BCUT2D eigenvalue weighted by atomic mass is 10.1. The Morgan fingerprint density at radius 1 is 0.328 bits per heavy atom. The number of hydrogen-bond donors (Lipinski definition) is 0. The smallest absolute Gasteiger partial charge is 0.306 e. The lowest BCUT2D eigenvalue weighted by Gasteiger charge is -2.18. The molecular formula is C58H94O6. The summed E-state index contributed by atoms with van der Waals surface area (Å²) in [4.78, 5) is 38.0. The topological polar surface area (TPSA) is 78.9 Å². The van der Waals surface area contributed by atoms with Gasteiger partial charge in [0.2, 0.25) is 0 Å². The summed E-state index contributed by atoms with van der Waals surface area (Å²) in [6, 6.07) is 0. The van der Waals surface area contributed by atoms with Crippen molar-refractivity contribution >= 4 is 17.9 Å². The summed E-state index contributed by atoms with van der Waals surface area (Å²) in [5.41, 5.74) is 0. The third kappa shape index (κ3) is 49.1. The summed E-state index contributed by atoms with van der Waals surface area (Å²) < 4.78 is 16.7. The molecular weight excluding hydrogens is 793 g/mol. The maximum absolute atomic E-state index is 12.8. The van der Waals surface area contributed by atoms with Crippen LogP contribution < -0.4 is 0 Å². The van der Waals surface area contributed by atoms with Gasteiger partial charge in [-0.2, -0.15) is 0 Å². The molecule has 0 aromatic heterocycles. The number of ether oxygens (including phenoxy) is 3. The van der Waals surface area contributed by atoms with Gasteiger partial charge in [0.05, 0.1) is 0 Å². The highest BCUT2D eigenvalue weighted by atomic mass is 16.6. The molecule has 0 aliphatic heterocycles. The van der Waals surface area contributed by atoms with E-state index in [1.165, 1.54) is 64.2 Å². The van der Waals surface area contributed by atoms with E-state index in [0.717, 1.165) is 103 Å². The third-order valence-corrected chi connectivity index (χ3v) is 10.5. The average molecular weight is 887 g/mol. The molecule has 362 valence electrons. The number of carbonyl (C=O) groups excluding carboxylic acids is 3.